The minimum absolute atomic E-state index is 0.0583. The standard InChI is InChI=1S/C20H14F2O4S/c1-27(23,24)16-4-2-12(3-5-16)17-9-19-20(26-11-25-19)10-18(17)13-6-14(21)8-15(22)7-13/h2-10H,11H2,1H3. The van der Waals surface area contributed by atoms with Crippen LogP contribution in [0.4, 0.5) is 8.78 Å². The number of benzene rings is 3. The molecular weight excluding hydrogens is 374 g/mol. The topological polar surface area (TPSA) is 52.6 Å². The van der Waals surface area contributed by atoms with Crippen LogP contribution in [0.25, 0.3) is 22.3 Å². The van der Waals surface area contributed by atoms with Crippen molar-refractivity contribution in [3.05, 3.63) is 66.2 Å². The summed E-state index contributed by atoms with van der Waals surface area (Å²) >= 11 is 0. The van der Waals surface area contributed by atoms with E-state index in [-0.39, 0.29) is 11.7 Å². The molecule has 4 nitrogen and oxygen atoms in total. The van der Waals surface area contributed by atoms with E-state index < -0.39 is 21.5 Å². The van der Waals surface area contributed by atoms with Gasteiger partial charge in [-0.05, 0) is 58.7 Å². The molecule has 3 aromatic carbocycles. The molecule has 1 heterocycles. The van der Waals surface area contributed by atoms with Gasteiger partial charge in [-0.25, -0.2) is 17.2 Å². The van der Waals surface area contributed by atoms with Gasteiger partial charge in [-0.1, -0.05) is 12.1 Å². The number of ether oxygens (including phenoxy) is 2. The second-order valence-electron chi connectivity index (χ2n) is 6.21. The van der Waals surface area contributed by atoms with Crippen LogP contribution in [0, 0.1) is 11.6 Å². The molecule has 0 saturated carbocycles. The minimum atomic E-state index is -3.33. The Morgan fingerprint density at radius 3 is 1.81 bits per heavy atom. The number of sulfone groups is 1. The summed E-state index contributed by atoms with van der Waals surface area (Å²) in [4.78, 5) is 0.186. The van der Waals surface area contributed by atoms with Gasteiger partial charge in [0.05, 0.1) is 4.90 Å². The van der Waals surface area contributed by atoms with Crippen LogP contribution in [0.5, 0.6) is 11.5 Å². The van der Waals surface area contributed by atoms with E-state index in [9.17, 15) is 17.2 Å². The van der Waals surface area contributed by atoms with Gasteiger partial charge in [0.25, 0.3) is 0 Å². The van der Waals surface area contributed by atoms with Gasteiger partial charge in [0.15, 0.2) is 21.3 Å². The van der Waals surface area contributed by atoms with E-state index in [1.807, 2.05) is 0 Å². The molecule has 0 fully saturated rings. The predicted octanol–water partition coefficient (Wildman–Crippen LogP) is 4.43. The van der Waals surface area contributed by atoms with Crippen molar-refractivity contribution in [3.8, 4) is 33.8 Å². The van der Waals surface area contributed by atoms with E-state index in [1.165, 1.54) is 24.3 Å². The zero-order valence-corrected chi connectivity index (χ0v) is 15.0. The smallest absolute Gasteiger partial charge is 0.231 e. The third kappa shape index (κ3) is 3.38. The van der Waals surface area contributed by atoms with Crippen molar-refractivity contribution in [2.24, 2.45) is 0 Å². The van der Waals surface area contributed by atoms with Crippen LogP contribution < -0.4 is 9.47 Å². The molecule has 0 amide bonds. The average molecular weight is 388 g/mol. The monoisotopic (exact) mass is 388 g/mol. The van der Waals surface area contributed by atoms with Crippen LogP contribution in [0.3, 0.4) is 0 Å². The van der Waals surface area contributed by atoms with Crippen LogP contribution in [0.2, 0.25) is 0 Å². The lowest BCUT2D eigenvalue weighted by Crippen LogP contribution is -1.96. The van der Waals surface area contributed by atoms with Crippen molar-refractivity contribution < 1.29 is 26.7 Å². The maximum atomic E-state index is 13.7. The lowest BCUT2D eigenvalue weighted by Gasteiger charge is -2.13. The third-order valence-corrected chi connectivity index (χ3v) is 5.41. The molecule has 0 atom stereocenters. The van der Waals surface area contributed by atoms with E-state index in [1.54, 1.807) is 24.3 Å². The number of rotatable bonds is 3. The molecule has 0 N–H and O–H groups in total. The second-order valence-corrected chi connectivity index (χ2v) is 8.22. The van der Waals surface area contributed by atoms with E-state index in [4.69, 9.17) is 9.47 Å². The largest absolute Gasteiger partial charge is 0.454 e. The lowest BCUT2D eigenvalue weighted by molar-refractivity contribution is 0.174. The first kappa shape index (κ1) is 17.5. The van der Waals surface area contributed by atoms with Crippen LogP contribution in [-0.2, 0) is 9.84 Å². The van der Waals surface area contributed by atoms with Crippen molar-refractivity contribution in [2.75, 3.05) is 13.0 Å². The quantitative estimate of drug-likeness (QED) is 0.666. The molecule has 0 saturated heterocycles. The summed E-state index contributed by atoms with van der Waals surface area (Å²) in [5.74, 6) is -0.397. The molecule has 0 spiro atoms. The average Bonchev–Trinajstić information content (AvgIpc) is 3.06. The van der Waals surface area contributed by atoms with E-state index >= 15 is 0 Å². The molecule has 0 aliphatic carbocycles. The van der Waals surface area contributed by atoms with Gasteiger partial charge >= 0.3 is 0 Å². The zero-order valence-electron chi connectivity index (χ0n) is 14.2. The third-order valence-electron chi connectivity index (χ3n) is 4.28. The van der Waals surface area contributed by atoms with Gasteiger partial charge in [-0.15, -0.1) is 0 Å². The number of hydrogen-bond acceptors (Lipinski definition) is 4. The van der Waals surface area contributed by atoms with Gasteiger partial charge < -0.3 is 9.47 Å². The molecule has 0 radical (unpaired) electrons. The van der Waals surface area contributed by atoms with Gasteiger partial charge in [-0.2, -0.15) is 0 Å². The van der Waals surface area contributed by atoms with Crippen molar-refractivity contribution in [1.82, 2.24) is 0 Å². The first-order valence-corrected chi connectivity index (χ1v) is 9.91. The summed E-state index contributed by atoms with van der Waals surface area (Å²) in [7, 11) is -3.33. The maximum absolute atomic E-state index is 13.7. The highest BCUT2D eigenvalue weighted by Gasteiger charge is 2.20. The summed E-state index contributed by atoms with van der Waals surface area (Å²) in [5, 5.41) is 0. The molecule has 138 valence electrons. The minimum Gasteiger partial charge on any atom is -0.454 e. The highest BCUT2D eigenvalue weighted by atomic mass is 32.2. The Morgan fingerprint density at radius 1 is 0.778 bits per heavy atom. The van der Waals surface area contributed by atoms with E-state index in [2.05, 4.69) is 0 Å². The van der Waals surface area contributed by atoms with E-state index in [0.717, 1.165) is 12.3 Å². The van der Waals surface area contributed by atoms with E-state index in [0.29, 0.717) is 33.8 Å². The van der Waals surface area contributed by atoms with Gasteiger partial charge in [0.2, 0.25) is 6.79 Å². The number of halogens is 2. The predicted molar refractivity (Wildman–Crippen MR) is 96.5 cm³/mol. The Labute approximate surface area is 154 Å². The van der Waals surface area contributed by atoms with Gasteiger partial charge in [0.1, 0.15) is 11.6 Å². The SMILES string of the molecule is CS(=O)(=O)c1ccc(-c2cc3c(cc2-c2cc(F)cc(F)c2)OCO3)cc1. The van der Waals surface area contributed by atoms with Crippen LogP contribution >= 0.6 is 0 Å². The van der Waals surface area contributed by atoms with Crippen molar-refractivity contribution in [3.63, 3.8) is 0 Å². The molecule has 7 heteroatoms. The fourth-order valence-electron chi connectivity index (χ4n) is 3.01. The highest BCUT2D eigenvalue weighted by Crippen LogP contribution is 2.43. The Balaban J connectivity index is 1.91. The van der Waals surface area contributed by atoms with Crippen LogP contribution in [-0.4, -0.2) is 21.5 Å². The molecule has 0 aromatic heterocycles. The zero-order chi connectivity index (χ0) is 19.2. The van der Waals surface area contributed by atoms with Gasteiger partial charge in [0, 0.05) is 12.3 Å². The highest BCUT2D eigenvalue weighted by molar-refractivity contribution is 7.90. The number of fused-ring (bicyclic) bond motifs is 1. The molecule has 27 heavy (non-hydrogen) atoms. The first-order chi connectivity index (χ1) is 12.8. The fourth-order valence-corrected chi connectivity index (χ4v) is 3.64. The van der Waals surface area contributed by atoms with Crippen molar-refractivity contribution in [1.29, 1.82) is 0 Å². The summed E-state index contributed by atoms with van der Waals surface area (Å²) in [6.45, 7) is 0.0583. The Morgan fingerprint density at radius 2 is 1.30 bits per heavy atom. The molecule has 3 aromatic rings. The van der Waals surface area contributed by atoms with Crippen LogP contribution in [0.15, 0.2) is 59.5 Å². The Kier molecular flexibility index (Phi) is 4.11. The Bertz CT molecular complexity index is 1120. The summed E-state index contributed by atoms with van der Waals surface area (Å²) in [5.41, 5.74) is 2.21. The molecule has 1 aliphatic heterocycles. The second kappa shape index (κ2) is 6.35. The molecule has 1 aliphatic rings. The normalized spacial score (nSPS) is 13.0. The molecule has 0 unspecified atom stereocenters. The molecule has 4 rings (SSSR count). The summed E-state index contributed by atoms with van der Waals surface area (Å²) in [6.07, 6.45) is 1.13. The maximum Gasteiger partial charge on any atom is 0.231 e. The Hall–Kier alpha value is -2.93. The van der Waals surface area contributed by atoms with Crippen LogP contribution in [0.1, 0.15) is 0 Å². The van der Waals surface area contributed by atoms with Crippen molar-refractivity contribution in [2.45, 2.75) is 4.90 Å². The summed E-state index contributed by atoms with van der Waals surface area (Å²) in [6, 6.07) is 12.9. The lowest BCUT2D eigenvalue weighted by atomic mass is 9.94. The first-order valence-electron chi connectivity index (χ1n) is 8.02. The van der Waals surface area contributed by atoms with Gasteiger partial charge in [-0.3, -0.25) is 0 Å². The number of hydrogen-bond donors (Lipinski definition) is 0. The molecular formula is C20H14F2O4S. The molecule has 0 bridgehead atoms. The van der Waals surface area contributed by atoms with Crippen molar-refractivity contribution >= 4 is 9.84 Å². The summed E-state index contributed by atoms with van der Waals surface area (Å²) < 4.78 is 61.6. The fraction of sp³-hybridized carbons (Fsp3) is 0.100.